The van der Waals surface area contributed by atoms with Crippen LogP contribution in [0.2, 0.25) is 0 Å². The number of hydrogen-bond acceptors (Lipinski definition) is 14. The minimum atomic E-state index is -4.80. The minimum absolute atomic E-state index is 0. The number of esters is 4. The SMILES string of the molecule is C/C=C/CCCCCCCCOC(=O)c1ccc(S(=O)(=O)[O-])cc1C(=O)OCCCCCCCC/C=C/C.C/C=C/CCCCCCCCOC(=O)c1ccc(S(=O)(=O)[O-])cc1C(=O)OCCCCCCCC/C=C/C.[Ca+2]. The average molecular weight is 1140 g/mol. The normalized spacial score (nSPS) is 11.7. The van der Waals surface area contributed by atoms with Gasteiger partial charge in [0.1, 0.15) is 20.2 Å². The van der Waals surface area contributed by atoms with Crippen molar-refractivity contribution in [3.05, 3.63) is 107 Å². The van der Waals surface area contributed by atoms with Gasteiger partial charge in [0.05, 0.1) is 58.5 Å². The van der Waals surface area contributed by atoms with E-state index >= 15 is 0 Å². The smallest absolute Gasteiger partial charge is 0.744 e. The van der Waals surface area contributed by atoms with Gasteiger partial charge in [0.25, 0.3) is 0 Å². The topological polar surface area (TPSA) is 220 Å². The van der Waals surface area contributed by atoms with Crippen LogP contribution in [0.1, 0.15) is 249 Å². The third kappa shape index (κ3) is 37.0. The zero-order valence-electron chi connectivity index (χ0n) is 46.9. The molecule has 77 heavy (non-hydrogen) atoms. The molecule has 0 saturated carbocycles. The minimum Gasteiger partial charge on any atom is -0.744 e. The van der Waals surface area contributed by atoms with Gasteiger partial charge in [-0.15, -0.1) is 0 Å². The number of benzene rings is 2. The van der Waals surface area contributed by atoms with Gasteiger partial charge in [-0.05, 0) is 141 Å². The van der Waals surface area contributed by atoms with Crippen LogP contribution in [0, 0.1) is 0 Å². The first kappa shape index (κ1) is 73.4. The maximum Gasteiger partial charge on any atom is 2.00 e. The van der Waals surface area contributed by atoms with Gasteiger partial charge in [-0.25, -0.2) is 36.0 Å². The van der Waals surface area contributed by atoms with Crippen molar-refractivity contribution in [3.8, 4) is 0 Å². The van der Waals surface area contributed by atoms with Crippen LogP contribution in [-0.4, -0.2) is 114 Å². The zero-order valence-corrected chi connectivity index (χ0v) is 50.8. The van der Waals surface area contributed by atoms with E-state index in [2.05, 4.69) is 48.6 Å². The van der Waals surface area contributed by atoms with Gasteiger partial charge in [-0.2, -0.15) is 0 Å². The summed E-state index contributed by atoms with van der Waals surface area (Å²) in [5, 5.41) is 0. The quantitative estimate of drug-likeness (QED) is 0.0151. The first-order chi connectivity index (χ1) is 36.6. The van der Waals surface area contributed by atoms with E-state index in [1.54, 1.807) is 0 Å². The maximum absolute atomic E-state index is 12.7. The Balaban J connectivity index is 0.00000148. The molecule has 0 aromatic heterocycles. The van der Waals surface area contributed by atoms with Gasteiger partial charge in [-0.3, -0.25) is 0 Å². The van der Waals surface area contributed by atoms with E-state index in [0.717, 1.165) is 165 Å². The molecule has 0 spiro atoms. The number of carbonyl (C=O) groups excluding carboxylic acids is 4. The summed E-state index contributed by atoms with van der Waals surface area (Å²) >= 11 is 0. The van der Waals surface area contributed by atoms with Crippen LogP contribution >= 0.6 is 0 Å². The van der Waals surface area contributed by atoms with Crippen molar-refractivity contribution < 1.29 is 64.1 Å². The molecule has 428 valence electrons. The van der Waals surface area contributed by atoms with Crippen molar-refractivity contribution in [2.75, 3.05) is 26.4 Å². The largest absolute Gasteiger partial charge is 2.00 e. The summed E-state index contributed by atoms with van der Waals surface area (Å²) in [4.78, 5) is 49.5. The first-order valence-corrected chi connectivity index (χ1v) is 30.8. The molecule has 0 fully saturated rings. The molecule has 0 bridgehead atoms. The molecule has 0 atom stereocenters. The van der Waals surface area contributed by atoms with E-state index < -0.39 is 53.9 Å². The third-order valence-electron chi connectivity index (χ3n) is 12.4. The predicted octanol–water partition coefficient (Wildman–Crippen LogP) is 14.7. The van der Waals surface area contributed by atoms with Gasteiger partial charge >= 0.3 is 61.6 Å². The Morgan fingerprint density at radius 1 is 0.351 bits per heavy atom. The molecule has 2 rings (SSSR count). The second-order valence-corrected chi connectivity index (χ2v) is 21.5. The molecule has 0 radical (unpaired) electrons. The van der Waals surface area contributed by atoms with E-state index in [9.17, 15) is 45.1 Å². The Hall–Kier alpha value is -3.64. The van der Waals surface area contributed by atoms with Crippen molar-refractivity contribution in [3.63, 3.8) is 0 Å². The maximum atomic E-state index is 12.7. The predicted molar refractivity (Wildman–Crippen MR) is 304 cm³/mol. The molecular weight excluding hydrogens is 1050 g/mol. The summed E-state index contributed by atoms with van der Waals surface area (Å²) < 4.78 is 90.1. The van der Waals surface area contributed by atoms with Gasteiger partial charge in [0, 0.05) is 0 Å². The van der Waals surface area contributed by atoms with Crippen molar-refractivity contribution in [1.82, 2.24) is 0 Å². The molecule has 2 aromatic rings. The molecule has 17 heteroatoms. The standard InChI is InChI=1S/2C30H46O7S.Ca/c2*1-3-5-7-9-11-13-15-17-19-23-36-29(31)27-22-21-26(38(33,34)35)25-28(27)30(32)37-24-20-18-16-14-12-10-8-6-4-2;/h2*3-6,21-22,25H,7-20,23-24H2,1-2H3,(H,33,34,35);/q;;+2/p-2/b2*5-3+,6-4+;. The fourth-order valence-corrected chi connectivity index (χ4v) is 8.97. The molecule has 0 heterocycles. The fourth-order valence-electron chi connectivity index (χ4n) is 7.97. The summed E-state index contributed by atoms with van der Waals surface area (Å²) in [6, 6.07) is 6.11. The Labute approximate surface area is 493 Å². The van der Waals surface area contributed by atoms with Gasteiger partial charge in [-0.1, -0.05) is 151 Å². The number of ether oxygens (including phenoxy) is 4. The van der Waals surface area contributed by atoms with E-state index in [1.165, 1.54) is 25.7 Å². The van der Waals surface area contributed by atoms with Gasteiger partial charge in [0.15, 0.2) is 0 Å². The Morgan fingerprint density at radius 3 is 0.779 bits per heavy atom. The Kier molecular flexibility index (Phi) is 45.0. The number of hydrogen-bond donors (Lipinski definition) is 0. The molecule has 0 N–H and O–H groups in total. The van der Waals surface area contributed by atoms with Crippen molar-refractivity contribution in [2.45, 2.75) is 217 Å². The van der Waals surface area contributed by atoms with E-state index in [0.29, 0.717) is 25.7 Å². The molecule has 0 amide bonds. The number of rotatable bonds is 42. The van der Waals surface area contributed by atoms with Crippen LogP contribution in [0.5, 0.6) is 0 Å². The molecule has 0 aliphatic carbocycles. The van der Waals surface area contributed by atoms with E-state index in [-0.39, 0.29) is 86.4 Å². The molecule has 0 unspecified atom stereocenters. The summed E-state index contributed by atoms with van der Waals surface area (Å²) in [6.45, 7) is 8.75. The first-order valence-electron chi connectivity index (χ1n) is 27.9. The molecular formula is C60H90CaO14S2. The number of carbonyl (C=O) groups is 4. The molecule has 2 aromatic carbocycles. The summed E-state index contributed by atoms with van der Waals surface area (Å²) in [5.74, 6) is -3.16. The third-order valence-corrected chi connectivity index (χ3v) is 14.0. The number of allylic oxidation sites excluding steroid dienone is 8. The second-order valence-electron chi connectivity index (χ2n) is 18.8. The van der Waals surface area contributed by atoms with Crippen LogP contribution in [-0.2, 0) is 39.2 Å². The van der Waals surface area contributed by atoms with Gasteiger partial charge < -0.3 is 28.1 Å². The van der Waals surface area contributed by atoms with Crippen LogP contribution in [0.3, 0.4) is 0 Å². The van der Waals surface area contributed by atoms with Crippen LogP contribution in [0.4, 0.5) is 0 Å². The Morgan fingerprint density at radius 2 is 0.558 bits per heavy atom. The molecule has 14 nitrogen and oxygen atoms in total. The fraction of sp³-hybridized carbons (Fsp3) is 0.600. The van der Waals surface area contributed by atoms with E-state index in [1.807, 2.05) is 27.7 Å². The van der Waals surface area contributed by atoms with Gasteiger partial charge in [0.2, 0.25) is 0 Å². The molecule has 0 aliphatic heterocycles. The number of unbranched alkanes of at least 4 members (excludes halogenated alkanes) is 24. The zero-order chi connectivity index (χ0) is 56.1. The monoisotopic (exact) mass is 1140 g/mol. The van der Waals surface area contributed by atoms with Crippen LogP contribution in [0.15, 0.2) is 94.8 Å². The summed E-state index contributed by atoms with van der Waals surface area (Å²) in [6.07, 6.45) is 45.6. The van der Waals surface area contributed by atoms with E-state index in [4.69, 9.17) is 18.9 Å². The Bertz CT molecular complexity index is 2130. The average Bonchev–Trinajstić information content (AvgIpc) is 3.39. The molecule has 0 saturated heterocycles. The summed E-state index contributed by atoms with van der Waals surface area (Å²) in [7, 11) is -9.60. The van der Waals surface area contributed by atoms with Crippen molar-refractivity contribution >= 4 is 81.9 Å². The van der Waals surface area contributed by atoms with Crippen molar-refractivity contribution in [1.29, 1.82) is 0 Å². The van der Waals surface area contributed by atoms with Crippen molar-refractivity contribution in [2.24, 2.45) is 0 Å². The second kappa shape index (κ2) is 47.2. The summed E-state index contributed by atoms with van der Waals surface area (Å²) in [5.41, 5.74) is -0.742. The van der Waals surface area contributed by atoms with Crippen LogP contribution in [0.25, 0.3) is 0 Å². The van der Waals surface area contributed by atoms with Crippen LogP contribution < -0.4 is 0 Å². The molecule has 0 aliphatic rings.